The van der Waals surface area contributed by atoms with Gasteiger partial charge in [0.1, 0.15) is 17.2 Å². The number of hydrogen-bond acceptors (Lipinski definition) is 6. The third-order valence-corrected chi connectivity index (χ3v) is 3.32. The summed E-state index contributed by atoms with van der Waals surface area (Å²) in [4.78, 5) is 22.7. The second-order valence-corrected chi connectivity index (χ2v) is 4.87. The van der Waals surface area contributed by atoms with Crippen LogP contribution in [0.1, 0.15) is 10.5 Å². The van der Waals surface area contributed by atoms with Crippen LogP contribution in [-0.4, -0.2) is 35.1 Å². The molecule has 0 atom stereocenters. The Bertz CT molecular complexity index is 878. The van der Waals surface area contributed by atoms with Crippen molar-refractivity contribution in [1.29, 1.82) is 0 Å². The minimum atomic E-state index is -0.500. The van der Waals surface area contributed by atoms with Gasteiger partial charge in [0, 0.05) is 18.3 Å². The highest BCUT2D eigenvalue weighted by Gasteiger charge is 2.13. The van der Waals surface area contributed by atoms with Crippen LogP contribution in [0, 0.1) is 0 Å². The first-order valence-electron chi connectivity index (χ1n) is 6.56. The lowest BCUT2D eigenvalue weighted by atomic mass is 10.3. The van der Waals surface area contributed by atoms with Gasteiger partial charge < -0.3 is 19.2 Å². The second kappa shape index (κ2) is 6.13. The zero-order valence-electron chi connectivity index (χ0n) is 12.3. The highest BCUT2D eigenvalue weighted by atomic mass is 35.5. The van der Waals surface area contributed by atoms with Crippen LogP contribution in [0.25, 0.3) is 11.0 Å². The highest BCUT2D eigenvalue weighted by molar-refractivity contribution is 6.31. The Balaban J connectivity index is 1.94. The minimum Gasteiger partial charge on any atom is -0.497 e. The van der Waals surface area contributed by atoms with Gasteiger partial charge in [-0.1, -0.05) is 11.6 Å². The van der Waals surface area contributed by atoms with E-state index in [0.717, 1.165) is 0 Å². The average molecular weight is 334 g/mol. The molecule has 0 aliphatic rings. The molecule has 3 aromatic rings. The number of rotatable bonds is 4. The fraction of sp³-hybridized carbons (Fsp3) is 0.133. The Labute approximate surface area is 136 Å². The van der Waals surface area contributed by atoms with E-state index in [9.17, 15) is 4.79 Å². The lowest BCUT2D eigenvalue weighted by Crippen LogP contribution is -2.00. The number of carbonyl (C=O) groups is 1. The lowest BCUT2D eigenvalue weighted by molar-refractivity contribution is 0.0594. The lowest BCUT2D eigenvalue weighted by Gasteiger charge is -2.06. The van der Waals surface area contributed by atoms with E-state index >= 15 is 0 Å². The van der Waals surface area contributed by atoms with Gasteiger partial charge in [0.2, 0.25) is 0 Å². The second-order valence-electron chi connectivity index (χ2n) is 4.52. The van der Waals surface area contributed by atoms with Gasteiger partial charge in [-0.25, -0.2) is 14.8 Å². The van der Waals surface area contributed by atoms with Gasteiger partial charge in [-0.05, 0) is 12.1 Å². The summed E-state index contributed by atoms with van der Waals surface area (Å²) in [7, 11) is 2.86. The van der Waals surface area contributed by atoms with Crippen molar-refractivity contribution in [3.63, 3.8) is 0 Å². The number of fused-ring (bicyclic) bond motifs is 1. The van der Waals surface area contributed by atoms with Crippen molar-refractivity contribution >= 4 is 28.6 Å². The maximum Gasteiger partial charge on any atom is 0.354 e. The van der Waals surface area contributed by atoms with Gasteiger partial charge in [-0.2, -0.15) is 0 Å². The molecule has 1 aromatic carbocycles. The van der Waals surface area contributed by atoms with Crippen LogP contribution in [0.15, 0.2) is 30.5 Å². The van der Waals surface area contributed by atoms with Crippen LogP contribution < -0.4 is 9.47 Å². The molecule has 0 aliphatic carbocycles. The van der Waals surface area contributed by atoms with E-state index in [1.54, 1.807) is 25.3 Å². The Kier molecular flexibility index (Phi) is 4.03. The number of hydrogen-bond donors (Lipinski definition) is 1. The number of esters is 1. The SMILES string of the molecule is COC(=O)c1cc(Oc2nc3cc(OC)ccc3nc2Cl)c[nH]1. The molecular formula is C15H12ClN3O4. The average Bonchev–Trinajstić information content (AvgIpc) is 3.03. The Hall–Kier alpha value is -2.80. The molecule has 2 heterocycles. The van der Waals surface area contributed by atoms with E-state index in [-0.39, 0.29) is 16.7 Å². The number of carbonyl (C=O) groups excluding carboxylic acids is 1. The van der Waals surface area contributed by atoms with E-state index in [0.29, 0.717) is 22.5 Å². The number of nitrogens with one attached hydrogen (secondary N) is 1. The molecule has 1 N–H and O–H groups in total. The standard InChI is InChI=1S/C15H12ClN3O4/c1-21-8-3-4-10-11(5-8)19-14(13(16)18-10)23-9-6-12(17-7-9)15(20)22-2/h3-7,17H,1-2H3. The van der Waals surface area contributed by atoms with Crippen molar-refractivity contribution in [1.82, 2.24) is 15.0 Å². The van der Waals surface area contributed by atoms with Crippen LogP contribution in [0.5, 0.6) is 17.4 Å². The zero-order valence-corrected chi connectivity index (χ0v) is 13.0. The first-order chi connectivity index (χ1) is 11.1. The van der Waals surface area contributed by atoms with E-state index in [1.165, 1.54) is 19.4 Å². The monoisotopic (exact) mass is 333 g/mol. The summed E-state index contributed by atoms with van der Waals surface area (Å²) in [6.07, 6.45) is 1.50. The molecule has 0 unspecified atom stereocenters. The zero-order chi connectivity index (χ0) is 16.4. The molecule has 0 aliphatic heterocycles. The van der Waals surface area contributed by atoms with Gasteiger partial charge in [0.15, 0.2) is 5.15 Å². The molecule has 0 amide bonds. The number of nitrogens with zero attached hydrogens (tertiary/aromatic N) is 2. The number of H-pyrrole nitrogens is 1. The van der Waals surface area contributed by atoms with Gasteiger partial charge in [-0.15, -0.1) is 0 Å². The molecule has 0 saturated carbocycles. The van der Waals surface area contributed by atoms with Crippen LogP contribution >= 0.6 is 11.6 Å². The Morgan fingerprint density at radius 1 is 1.13 bits per heavy atom. The molecule has 8 heteroatoms. The molecule has 7 nitrogen and oxygen atoms in total. The van der Waals surface area contributed by atoms with Crippen LogP contribution in [-0.2, 0) is 4.74 Å². The quantitative estimate of drug-likeness (QED) is 0.738. The van der Waals surface area contributed by atoms with E-state index in [4.69, 9.17) is 21.1 Å². The van der Waals surface area contributed by atoms with Crippen LogP contribution in [0.2, 0.25) is 5.15 Å². The molecule has 23 heavy (non-hydrogen) atoms. The number of aromatic amines is 1. The summed E-state index contributed by atoms with van der Waals surface area (Å²) >= 11 is 6.09. The smallest absolute Gasteiger partial charge is 0.354 e. The van der Waals surface area contributed by atoms with E-state index in [2.05, 4.69) is 19.7 Å². The molecule has 0 radical (unpaired) electrons. The van der Waals surface area contributed by atoms with Crippen molar-refractivity contribution in [2.45, 2.75) is 0 Å². The summed E-state index contributed by atoms with van der Waals surface area (Å²) in [6.45, 7) is 0. The molecule has 3 rings (SSSR count). The summed E-state index contributed by atoms with van der Waals surface area (Å²) in [5, 5.41) is 0.114. The van der Waals surface area contributed by atoms with Crippen molar-refractivity contribution in [3.05, 3.63) is 41.3 Å². The normalized spacial score (nSPS) is 10.6. The number of benzene rings is 1. The first kappa shape index (κ1) is 15.1. The summed E-state index contributed by atoms with van der Waals surface area (Å²) in [5.74, 6) is 0.640. The highest BCUT2D eigenvalue weighted by Crippen LogP contribution is 2.29. The summed E-state index contributed by atoms with van der Waals surface area (Å²) in [6, 6.07) is 6.73. The molecular weight excluding hydrogens is 322 g/mol. The first-order valence-corrected chi connectivity index (χ1v) is 6.94. The largest absolute Gasteiger partial charge is 0.497 e. The van der Waals surface area contributed by atoms with Gasteiger partial charge in [0.05, 0.1) is 25.3 Å². The van der Waals surface area contributed by atoms with Crippen LogP contribution in [0.3, 0.4) is 0 Å². The van der Waals surface area contributed by atoms with E-state index < -0.39 is 5.97 Å². The molecule has 0 spiro atoms. The molecule has 2 aromatic heterocycles. The predicted octanol–water partition coefficient (Wildman–Crippen LogP) is 3.20. The number of ether oxygens (including phenoxy) is 3. The number of methoxy groups -OCH3 is 2. The third-order valence-electron chi connectivity index (χ3n) is 3.08. The molecule has 0 saturated heterocycles. The van der Waals surface area contributed by atoms with Crippen molar-refractivity contribution in [2.75, 3.05) is 14.2 Å². The summed E-state index contributed by atoms with van der Waals surface area (Å²) in [5.41, 5.74) is 1.45. The maximum atomic E-state index is 11.4. The van der Waals surface area contributed by atoms with E-state index in [1.807, 2.05) is 0 Å². The van der Waals surface area contributed by atoms with Crippen LogP contribution in [0.4, 0.5) is 0 Å². The Morgan fingerprint density at radius 2 is 1.96 bits per heavy atom. The number of aromatic nitrogens is 3. The summed E-state index contributed by atoms with van der Waals surface area (Å²) < 4.78 is 15.3. The molecule has 0 fully saturated rings. The fourth-order valence-electron chi connectivity index (χ4n) is 1.96. The third kappa shape index (κ3) is 3.04. The Morgan fingerprint density at radius 3 is 2.70 bits per heavy atom. The van der Waals surface area contributed by atoms with Crippen molar-refractivity contribution < 1.29 is 19.0 Å². The number of halogens is 1. The minimum absolute atomic E-state index is 0.114. The predicted molar refractivity (Wildman–Crippen MR) is 83.3 cm³/mol. The van der Waals surface area contributed by atoms with Gasteiger partial charge in [-0.3, -0.25) is 0 Å². The fourth-order valence-corrected chi connectivity index (χ4v) is 2.13. The van der Waals surface area contributed by atoms with Crippen molar-refractivity contribution in [3.8, 4) is 17.4 Å². The molecule has 118 valence electrons. The van der Waals surface area contributed by atoms with Crippen molar-refractivity contribution in [2.24, 2.45) is 0 Å². The van der Waals surface area contributed by atoms with Gasteiger partial charge >= 0.3 is 5.97 Å². The van der Waals surface area contributed by atoms with Gasteiger partial charge in [0.25, 0.3) is 5.88 Å². The topological polar surface area (TPSA) is 86.3 Å². The maximum absolute atomic E-state index is 11.4. The molecule has 0 bridgehead atoms.